The van der Waals surface area contributed by atoms with Crippen molar-refractivity contribution in [2.75, 3.05) is 0 Å². The van der Waals surface area contributed by atoms with Crippen molar-refractivity contribution in [1.82, 2.24) is 9.88 Å². The molecule has 2 rings (SSSR count). The molecule has 0 spiro atoms. The highest BCUT2D eigenvalue weighted by molar-refractivity contribution is 9.10. The molecule has 1 aromatic heterocycles. The van der Waals surface area contributed by atoms with Crippen LogP contribution in [-0.2, 0) is 11.3 Å². The fourth-order valence-corrected chi connectivity index (χ4v) is 2.55. The van der Waals surface area contributed by atoms with Gasteiger partial charge in [-0.05, 0) is 28.4 Å². The fraction of sp³-hybridized carbons (Fsp3) is 0.538. The summed E-state index contributed by atoms with van der Waals surface area (Å²) < 4.78 is 2.10. The van der Waals surface area contributed by atoms with Crippen molar-refractivity contribution in [3.05, 3.63) is 33.2 Å². The van der Waals surface area contributed by atoms with Gasteiger partial charge in [0, 0.05) is 28.2 Å². The van der Waals surface area contributed by atoms with E-state index in [-0.39, 0.29) is 35.6 Å². The minimum Gasteiger partial charge on any atom is -0.392 e. The number of rotatable bonds is 3. The average Bonchev–Trinajstić information content (AvgIpc) is 2.33. The molecule has 1 fully saturated rings. The van der Waals surface area contributed by atoms with E-state index >= 15 is 0 Å². The van der Waals surface area contributed by atoms with E-state index in [1.54, 1.807) is 12.3 Å². The summed E-state index contributed by atoms with van der Waals surface area (Å²) in [5.41, 5.74) is -0.524. The van der Waals surface area contributed by atoms with Crippen LogP contribution in [-0.4, -0.2) is 27.7 Å². The highest BCUT2D eigenvalue weighted by Gasteiger charge is 2.47. The molecule has 2 atom stereocenters. The summed E-state index contributed by atoms with van der Waals surface area (Å²) in [4.78, 5) is 23.5. The lowest BCUT2D eigenvalue weighted by Gasteiger charge is -2.49. The van der Waals surface area contributed by atoms with Gasteiger partial charge in [0.15, 0.2) is 0 Å². The molecule has 0 aliphatic heterocycles. The normalized spacial score (nSPS) is 24.6. The van der Waals surface area contributed by atoms with Gasteiger partial charge in [-0.25, -0.2) is 0 Å². The number of nitrogens with zero attached hydrogens (tertiary/aromatic N) is 1. The average molecular weight is 329 g/mol. The standard InChI is InChI=1S/C13H17BrN2O3/c1-13(2)9(5-10(13)17)15-11(18)7-16-6-8(14)3-4-12(16)19/h3-4,6,9-10,17H,5,7H2,1-2H3,(H,15,18). The van der Waals surface area contributed by atoms with Gasteiger partial charge in [0.2, 0.25) is 5.91 Å². The molecule has 6 heteroatoms. The molecule has 1 amide bonds. The molecular formula is C13H17BrN2O3. The first kappa shape index (κ1) is 14.3. The Labute approximate surface area is 119 Å². The number of hydrogen-bond donors (Lipinski definition) is 2. The topological polar surface area (TPSA) is 71.3 Å². The monoisotopic (exact) mass is 328 g/mol. The van der Waals surface area contributed by atoms with Gasteiger partial charge in [0.1, 0.15) is 6.54 Å². The van der Waals surface area contributed by atoms with Crippen LogP contribution in [0.4, 0.5) is 0 Å². The second-order valence-corrected chi connectivity index (χ2v) is 6.42. The van der Waals surface area contributed by atoms with Gasteiger partial charge in [-0.2, -0.15) is 0 Å². The molecular weight excluding hydrogens is 312 g/mol. The van der Waals surface area contributed by atoms with E-state index in [4.69, 9.17) is 0 Å². The van der Waals surface area contributed by atoms with Gasteiger partial charge < -0.3 is 15.0 Å². The van der Waals surface area contributed by atoms with Crippen LogP contribution in [0.15, 0.2) is 27.6 Å². The smallest absolute Gasteiger partial charge is 0.251 e. The molecule has 1 heterocycles. The molecule has 0 aromatic carbocycles. The number of aromatic nitrogens is 1. The Balaban J connectivity index is 1.99. The Morgan fingerprint density at radius 2 is 2.26 bits per heavy atom. The van der Waals surface area contributed by atoms with E-state index in [2.05, 4.69) is 21.2 Å². The first-order valence-electron chi connectivity index (χ1n) is 6.14. The van der Waals surface area contributed by atoms with E-state index in [0.717, 1.165) is 4.47 Å². The molecule has 1 aliphatic rings. The SMILES string of the molecule is CC1(C)C(O)CC1NC(=O)Cn1cc(Br)ccc1=O. The Bertz CT molecular complexity index is 553. The van der Waals surface area contributed by atoms with E-state index in [0.29, 0.717) is 6.42 Å². The second kappa shape index (κ2) is 5.09. The quantitative estimate of drug-likeness (QED) is 0.865. The summed E-state index contributed by atoms with van der Waals surface area (Å²) in [6.07, 6.45) is 1.76. The van der Waals surface area contributed by atoms with Crippen LogP contribution in [0, 0.1) is 5.41 Å². The Morgan fingerprint density at radius 3 is 2.84 bits per heavy atom. The molecule has 19 heavy (non-hydrogen) atoms. The number of aliphatic hydroxyl groups is 1. The summed E-state index contributed by atoms with van der Waals surface area (Å²) in [5.74, 6) is -0.217. The molecule has 1 aliphatic carbocycles. The number of carbonyl (C=O) groups is 1. The van der Waals surface area contributed by atoms with Crippen LogP contribution < -0.4 is 10.9 Å². The van der Waals surface area contributed by atoms with Crippen molar-refractivity contribution in [3.8, 4) is 0 Å². The molecule has 5 nitrogen and oxygen atoms in total. The molecule has 2 unspecified atom stereocenters. The van der Waals surface area contributed by atoms with E-state index in [1.165, 1.54) is 10.6 Å². The molecule has 1 aromatic rings. The van der Waals surface area contributed by atoms with Crippen molar-refractivity contribution in [2.45, 2.75) is 39.0 Å². The van der Waals surface area contributed by atoms with Crippen molar-refractivity contribution >= 4 is 21.8 Å². The minimum atomic E-state index is -0.383. The summed E-state index contributed by atoms with van der Waals surface area (Å²) >= 11 is 3.26. The molecule has 0 radical (unpaired) electrons. The number of carbonyl (C=O) groups excluding carboxylic acids is 1. The third-order valence-electron chi connectivity index (χ3n) is 3.81. The Hall–Kier alpha value is -1.14. The Morgan fingerprint density at radius 1 is 1.58 bits per heavy atom. The summed E-state index contributed by atoms with van der Waals surface area (Å²) in [6.45, 7) is 3.82. The maximum Gasteiger partial charge on any atom is 0.251 e. The van der Waals surface area contributed by atoms with Gasteiger partial charge in [-0.1, -0.05) is 13.8 Å². The zero-order valence-corrected chi connectivity index (χ0v) is 12.5. The summed E-state index contributed by atoms with van der Waals surface area (Å²) in [6, 6.07) is 3.01. The van der Waals surface area contributed by atoms with Gasteiger partial charge in [0.25, 0.3) is 5.56 Å². The number of amides is 1. The third kappa shape index (κ3) is 2.90. The first-order valence-corrected chi connectivity index (χ1v) is 6.93. The first-order chi connectivity index (χ1) is 8.80. The van der Waals surface area contributed by atoms with Gasteiger partial charge in [-0.15, -0.1) is 0 Å². The van der Waals surface area contributed by atoms with Gasteiger partial charge >= 0.3 is 0 Å². The molecule has 104 valence electrons. The zero-order valence-electron chi connectivity index (χ0n) is 10.9. The molecule has 0 saturated heterocycles. The largest absolute Gasteiger partial charge is 0.392 e. The third-order valence-corrected chi connectivity index (χ3v) is 4.28. The lowest BCUT2D eigenvalue weighted by molar-refractivity contribution is -0.129. The van der Waals surface area contributed by atoms with Crippen LogP contribution >= 0.6 is 15.9 Å². The summed E-state index contributed by atoms with van der Waals surface area (Å²) in [7, 11) is 0. The van der Waals surface area contributed by atoms with Crippen LogP contribution in [0.5, 0.6) is 0 Å². The summed E-state index contributed by atoms with van der Waals surface area (Å²) in [5, 5.41) is 12.5. The highest BCUT2D eigenvalue weighted by Crippen LogP contribution is 2.40. The predicted octanol–water partition coefficient (Wildman–Crippen LogP) is 0.886. The lowest BCUT2D eigenvalue weighted by atomic mass is 9.64. The van der Waals surface area contributed by atoms with Crippen molar-refractivity contribution < 1.29 is 9.90 Å². The highest BCUT2D eigenvalue weighted by atomic mass is 79.9. The number of hydrogen-bond acceptors (Lipinski definition) is 3. The van der Waals surface area contributed by atoms with Crippen molar-refractivity contribution in [3.63, 3.8) is 0 Å². The molecule has 0 bridgehead atoms. The van der Waals surface area contributed by atoms with Crippen molar-refractivity contribution in [2.24, 2.45) is 5.41 Å². The number of halogens is 1. The number of aliphatic hydroxyl groups excluding tert-OH is 1. The Kier molecular flexibility index (Phi) is 3.82. The number of pyridine rings is 1. The molecule has 2 N–H and O–H groups in total. The fourth-order valence-electron chi connectivity index (χ4n) is 2.17. The second-order valence-electron chi connectivity index (χ2n) is 5.51. The maximum atomic E-state index is 11.9. The van der Waals surface area contributed by atoms with Crippen LogP contribution in [0.1, 0.15) is 20.3 Å². The van der Waals surface area contributed by atoms with Crippen LogP contribution in [0.2, 0.25) is 0 Å². The minimum absolute atomic E-state index is 0.0129. The van der Waals surface area contributed by atoms with Gasteiger partial charge in [0.05, 0.1) is 6.10 Å². The van der Waals surface area contributed by atoms with Crippen LogP contribution in [0.25, 0.3) is 0 Å². The van der Waals surface area contributed by atoms with E-state index in [1.807, 2.05) is 13.8 Å². The molecule has 1 saturated carbocycles. The predicted molar refractivity (Wildman–Crippen MR) is 74.7 cm³/mol. The van der Waals surface area contributed by atoms with E-state index in [9.17, 15) is 14.7 Å². The zero-order chi connectivity index (χ0) is 14.2. The van der Waals surface area contributed by atoms with Crippen molar-refractivity contribution in [1.29, 1.82) is 0 Å². The lowest BCUT2D eigenvalue weighted by Crippen LogP contribution is -2.61. The van der Waals surface area contributed by atoms with Crippen LogP contribution in [0.3, 0.4) is 0 Å². The van der Waals surface area contributed by atoms with Gasteiger partial charge in [-0.3, -0.25) is 9.59 Å². The number of nitrogens with one attached hydrogen (secondary N) is 1. The van der Waals surface area contributed by atoms with E-state index < -0.39 is 0 Å². The maximum absolute atomic E-state index is 11.9.